The minimum absolute atomic E-state index is 0.0188. The molecule has 0 bridgehead atoms. The Balaban J connectivity index is 1.31. The van der Waals surface area contributed by atoms with Crippen LogP contribution in [0.2, 0.25) is 5.02 Å². The summed E-state index contributed by atoms with van der Waals surface area (Å²) in [6, 6.07) is 10.9. The zero-order valence-electron chi connectivity index (χ0n) is 26.1. The SMILES string of the molecule is CCCC1=C2[C@@H](CC/C(=C/c3ccc(O)cc3Cl)c3ccccn3)OC[C@@H]2[C@@H]2C(=O)N(c3cc(C(F)(F)F)cc(C(F)(F)F)c3)C(=O)[C@@H]2C1. The standard InChI is InChI=1S/C36H31ClF6N2O4/c1-2-5-21-13-26-32(34(48)45(33(26)47)24-15-22(35(38,39)40)14-23(16-24)36(41,42)43)27-18-49-30(31(21)27)10-8-20(29-6-3-4-11-44-29)12-19-7-9-25(46)17-28(19)37/h3-4,6-7,9,11-12,14-17,26-27,30,32,46H,2,5,8,10,13,18H2,1H3/b20-12-/t26-,27+,30-,32-/m1/s1. The van der Waals surface area contributed by atoms with E-state index in [1.165, 1.54) is 12.1 Å². The Labute approximate surface area is 283 Å². The summed E-state index contributed by atoms with van der Waals surface area (Å²) in [4.78, 5) is 32.6. The van der Waals surface area contributed by atoms with Crippen molar-refractivity contribution in [3.8, 4) is 5.75 Å². The fraction of sp³-hybridized carbons (Fsp3) is 0.361. The third-order valence-electron chi connectivity index (χ3n) is 9.37. The van der Waals surface area contributed by atoms with Gasteiger partial charge in [0.05, 0.1) is 52.1 Å². The number of anilines is 1. The molecule has 0 radical (unpaired) electrons. The Hall–Kier alpha value is -4.16. The molecule has 1 aromatic heterocycles. The lowest BCUT2D eigenvalue weighted by molar-refractivity contribution is -0.143. The summed E-state index contributed by atoms with van der Waals surface area (Å²) in [6.45, 7) is 2.03. The fourth-order valence-corrected chi connectivity index (χ4v) is 7.50. The van der Waals surface area contributed by atoms with Crippen LogP contribution >= 0.6 is 11.6 Å². The van der Waals surface area contributed by atoms with E-state index in [0.29, 0.717) is 59.0 Å². The Morgan fingerprint density at radius 3 is 2.33 bits per heavy atom. The summed E-state index contributed by atoms with van der Waals surface area (Å²) in [5, 5.41) is 10.1. The number of aromatic hydroxyl groups is 1. The third-order valence-corrected chi connectivity index (χ3v) is 9.70. The van der Waals surface area contributed by atoms with Gasteiger partial charge in [0.25, 0.3) is 0 Å². The maximum absolute atomic E-state index is 13.9. The molecule has 258 valence electrons. The van der Waals surface area contributed by atoms with Gasteiger partial charge in [0.1, 0.15) is 5.75 Å². The number of hydrogen-bond donors (Lipinski definition) is 1. The highest BCUT2D eigenvalue weighted by molar-refractivity contribution is 6.32. The van der Waals surface area contributed by atoms with Crippen molar-refractivity contribution in [1.29, 1.82) is 0 Å². The molecule has 2 aliphatic heterocycles. The number of benzene rings is 2. The number of halogens is 7. The maximum atomic E-state index is 13.9. The second-order valence-corrected chi connectivity index (χ2v) is 12.9. The molecule has 0 saturated carbocycles. The summed E-state index contributed by atoms with van der Waals surface area (Å²) in [5.74, 6) is -4.11. The first-order valence-electron chi connectivity index (χ1n) is 15.8. The normalized spacial score (nSPS) is 22.9. The number of phenolic OH excluding ortho intramolecular Hbond substituents is 1. The topological polar surface area (TPSA) is 79.7 Å². The summed E-state index contributed by atoms with van der Waals surface area (Å²) >= 11 is 6.40. The van der Waals surface area contributed by atoms with Gasteiger partial charge in [-0.25, -0.2) is 4.90 Å². The number of fused-ring (bicyclic) bond motifs is 3. The van der Waals surface area contributed by atoms with Crippen LogP contribution in [0.5, 0.6) is 5.75 Å². The third kappa shape index (κ3) is 6.85. The molecule has 2 fully saturated rings. The van der Waals surface area contributed by atoms with E-state index in [2.05, 4.69) is 4.98 Å². The quantitative estimate of drug-likeness (QED) is 0.144. The van der Waals surface area contributed by atoms with E-state index in [1.54, 1.807) is 18.3 Å². The van der Waals surface area contributed by atoms with Gasteiger partial charge in [-0.15, -0.1) is 0 Å². The minimum atomic E-state index is -5.14. The molecule has 6 rings (SSSR count). The average molecular weight is 705 g/mol. The van der Waals surface area contributed by atoms with Crippen LogP contribution in [0.3, 0.4) is 0 Å². The minimum Gasteiger partial charge on any atom is -0.508 e. The zero-order chi connectivity index (χ0) is 35.2. The van der Waals surface area contributed by atoms with Crippen molar-refractivity contribution in [2.45, 2.75) is 57.5 Å². The van der Waals surface area contributed by atoms with Crippen LogP contribution in [0.4, 0.5) is 32.0 Å². The van der Waals surface area contributed by atoms with Crippen molar-refractivity contribution in [2.75, 3.05) is 11.5 Å². The Bertz CT molecular complexity index is 1810. The lowest BCUT2D eigenvalue weighted by Crippen LogP contribution is -2.34. The van der Waals surface area contributed by atoms with Gasteiger partial charge in [0.15, 0.2) is 0 Å². The molecule has 0 unspecified atom stereocenters. The van der Waals surface area contributed by atoms with Crippen molar-refractivity contribution < 1.29 is 45.8 Å². The summed E-state index contributed by atoms with van der Waals surface area (Å²) in [6.07, 6.45) is -4.82. The van der Waals surface area contributed by atoms with Gasteiger partial charge in [-0.3, -0.25) is 14.6 Å². The number of pyridine rings is 1. The van der Waals surface area contributed by atoms with Gasteiger partial charge in [0.2, 0.25) is 11.8 Å². The van der Waals surface area contributed by atoms with Crippen molar-refractivity contribution in [3.05, 3.63) is 99.3 Å². The molecule has 0 spiro atoms. The number of hydrogen-bond acceptors (Lipinski definition) is 5. The molecular weight excluding hydrogens is 674 g/mol. The zero-order valence-corrected chi connectivity index (χ0v) is 26.9. The molecule has 49 heavy (non-hydrogen) atoms. The van der Waals surface area contributed by atoms with Crippen LogP contribution in [-0.4, -0.2) is 34.6 Å². The summed E-state index contributed by atoms with van der Waals surface area (Å²) in [5.41, 5.74) is 0.0158. The molecule has 1 N–H and O–H groups in total. The van der Waals surface area contributed by atoms with Crippen molar-refractivity contribution in [2.24, 2.45) is 17.8 Å². The number of rotatable bonds is 8. The number of nitrogens with zero attached hydrogens (tertiary/aromatic N) is 2. The average Bonchev–Trinajstić information content (AvgIpc) is 3.57. The number of imide groups is 1. The number of carbonyl (C=O) groups excluding carboxylic acids is 2. The molecule has 4 atom stereocenters. The van der Waals surface area contributed by atoms with Gasteiger partial charge in [-0.05, 0) is 97.0 Å². The van der Waals surface area contributed by atoms with E-state index in [1.807, 2.05) is 25.1 Å². The van der Waals surface area contributed by atoms with E-state index in [0.717, 1.165) is 16.7 Å². The van der Waals surface area contributed by atoms with Gasteiger partial charge in [-0.1, -0.05) is 36.6 Å². The largest absolute Gasteiger partial charge is 0.508 e. The molecule has 13 heteroatoms. The van der Waals surface area contributed by atoms with E-state index in [4.69, 9.17) is 16.3 Å². The van der Waals surface area contributed by atoms with Crippen LogP contribution in [0.1, 0.15) is 61.4 Å². The molecule has 6 nitrogen and oxygen atoms in total. The first kappa shape index (κ1) is 34.7. The van der Waals surface area contributed by atoms with Crippen LogP contribution in [0.15, 0.2) is 71.9 Å². The van der Waals surface area contributed by atoms with Crippen LogP contribution in [0, 0.1) is 17.8 Å². The number of carbonyl (C=O) groups is 2. The molecule has 3 heterocycles. The number of alkyl halides is 6. The van der Waals surface area contributed by atoms with Crippen molar-refractivity contribution >= 4 is 40.8 Å². The molecule has 2 aromatic carbocycles. The monoisotopic (exact) mass is 704 g/mol. The van der Waals surface area contributed by atoms with Gasteiger partial charge >= 0.3 is 12.4 Å². The van der Waals surface area contributed by atoms with Gasteiger partial charge in [-0.2, -0.15) is 26.3 Å². The van der Waals surface area contributed by atoms with Crippen LogP contribution < -0.4 is 4.90 Å². The highest BCUT2D eigenvalue weighted by atomic mass is 35.5. The number of aromatic nitrogens is 1. The highest BCUT2D eigenvalue weighted by Gasteiger charge is 2.57. The molecule has 3 aromatic rings. The molecule has 2 saturated heterocycles. The Morgan fingerprint density at radius 1 is 1.00 bits per heavy atom. The second-order valence-electron chi connectivity index (χ2n) is 12.5. The predicted octanol–water partition coefficient (Wildman–Crippen LogP) is 9.12. The number of allylic oxidation sites excluding steroid dienone is 2. The van der Waals surface area contributed by atoms with E-state index < -0.39 is 64.8 Å². The van der Waals surface area contributed by atoms with Crippen molar-refractivity contribution in [1.82, 2.24) is 4.98 Å². The number of phenols is 1. The number of amides is 2. The summed E-state index contributed by atoms with van der Waals surface area (Å²) in [7, 11) is 0. The Kier molecular flexibility index (Phi) is 9.40. The smallest absolute Gasteiger partial charge is 0.416 e. The fourth-order valence-electron chi connectivity index (χ4n) is 7.27. The second kappa shape index (κ2) is 13.3. The number of ether oxygens (including phenoxy) is 1. The highest BCUT2D eigenvalue weighted by Crippen LogP contribution is 2.52. The van der Waals surface area contributed by atoms with Gasteiger partial charge in [0, 0.05) is 12.1 Å². The first-order chi connectivity index (χ1) is 23.2. The lowest BCUT2D eigenvalue weighted by Gasteiger charge is -2.32. The maximum Gasteiger partial charge on any atom is 0.416 e. The first-order valence-corrected chi connectivity index (χ1v) is 16.2. The molecule has 1 aliphatic carbocycles. The van der Waals surface area contributed by atoms with Crippen LogP contribution in [-0.2, 0) is 26.7 Å². The van der Waals surface area contributed by atoms with Gasteiger partial charge < -0.3 is 9.84 Å². The molecular formula is C36H31ClF6N2O4. The van der Waals surface area contributed by atoms with E-state index >= 15 is 0 Å². The summed E-state index contributed by atoms with van der Waals surface area (Å²) < 4.78 is 88.2. The van der Waals surface area contributed by atoms with Crippen molar-refractivity contribution in [3.63, 3.8) is 0 Å². The Morgan fingerprint density at radius 2 is 1.71 bits per heavy atom. The molecule has 3 aliphatic rings. The van der Waals surface area contributed by atoms with E-state index in [9.17, 15) is 41.0 Å². The van der Waals surface area contributed by atoms with E-state index in [-0.39, 0.29) is 24.8 Å². The molecule has 2 amide bonds. The predicted molar refractivity (Wildman–Crippen MR) is 170 cm³/mol. The van der Waals surface area contributed by atoms with Crippen LogP contribution in [0.25, 0.3) is 11.6 Å². The lowest BCUT2D eigenvalue weighted by atomic mass is 9.68.